The summed E-state index contributed by atoms with van der Waals surface area (Å²) < 4.78 is 18.2. The zero-order valence-corrected chi connectivity index (χ0v) is 11.8. The second-order valence-electron chi connectivity index (χ2n) is 4.04. The van der Waals surface area contributed by atoms with Crippen molar-refractivity contribution in [2.45, 2.75) is 13.3 Å². The Labute approximate surface area is 117 Å². The molecule has 0 spiro atoms. The fourth-order valence-corrected chi connectivity index (χ4v) is 1.84. The molecule has 0 radical (unpaired) electrons. The fraction of sp³-hybridized carbons (Fsp3) is 0.385. The maximum atomic E-state index is 13.3. The van der Waals surface area contributed by atoms with Gasteiger partial charge in [0.15, 0.2) is 11.6 Å². The van der Waals surface area contributed by atoms with Crippen molar-refractivity contribution in [1.29, 1.82) is 0 Å². The smallest absolute Gasteiger partial charge is 0.254 e. The van der Waals surface area contributed by atoms with Crippen molar-refractivity contribution < 1.29 is 13.9 Å². The van der Waals surface area contributed by atoms with E-state index in [9.17, 15) is 9.18 Å². The Morgan fingerprint density at radius 1 is 1.53 bits per heavy atom. The Morgan fingerprint density at radius 3 is 2.74 bits per heavy atom. The van der Waals surface area contributed by atoms with Crippen LogP contribution in [0.4, 0.5) is 4.39 Å². The SMILES string of the molecule is CCCN(CC(N)=S)C(=O)c1ccc(F)c(OC)c1. The molecule has 104 valence electrons. The Bertz CT molecular complexity index is 480. The first-order valence-electron chi connectivity index (χ1n) is 5.90. The number of hydrogen-bond acceptors (Lipinski definition) is 3. The van der Waals surface area contributed by atoms with E-state index in [1.807, 2.05) is 6.92 Å². The molecule has 1 amide bonds. The predicted molar refractivity (Wildman–Crippen MR) is 75.9 cm³/mol. The third-order valence-corrected chi connectivity index (χ3v) is 2.65. The van der Waals surface area contributed by atoms with Crippen molar-refractivity contribution in [3.63, 3.8) is 0 Å². The lowest BCUT2D eigenvalue weighted by Crippen LogP contribution is -2.38. The monoisotopic (exact) mass is 284 g/mol. The van der Waals surface area contributed by atoms with Crippen LogP contribution in [0.25, 0.3) is 0 Å². The maximum Gasteiger partial charge on any atom is 0.254 e. The van der Waals surface area contributed by atoms with Gasteiger partial charge >= 0.3 is 0 Å². The Hall–Kier alpha value is -1.69. The van der Waals surface area contributed by atoms with Crippen LogP contribution < -0.4 is 10.5 Å². The lowest BCUT2D eigenvalue weighted by Gasteiger charge is -2.21. The molecule has 1 aromatic rings. The van der Waals surface area contributed by atoms with Gasteiger partial charge in [0.1, 0.15) is 0 Å². The second-order valence-corrected chi connectivity index (χ2v) is 4.57. The molecule has 2 N–H and O–H groups in total. The molecule has 0 aromatic heterocycles. The van der Waals surface area contributed by atoms with Crippen molar-refractivity contribution in [3.8, 4) is 5.75 Å². The number of ether oxygens (including phenoxy) is 1. The summed E-state index contributed by atoms with van der Waals surface area (Å²) in [5.74, 6) is -0.707. The minimum Gasteiger partial charge on any atom is -0.494 e. The van der Waals surface area contributed by atoms with Gasteiger partial charge in [-0.15, -0.1) is 0 Å². The van der Waals surface area contributed by atoms with E-state index < -0.39 is 5.82 Å². The summed E-state index contributed by atoms with van der Waals surface area (Å²) in [4.78, 5) is 14.1. The summed E-state index contributed by atoms with van der Waals surface area (Å²) in [7, 11) is 1.35. The minimum atomic E-state index is -0.504. The average Bonchev–Trinajstić information content (AvgIpc) is 2.37. The molecule has 0 saturated carbocycles. The average molecular weight is 284 g/mol. The molecule has 0 atom stereocenters. The molecule has 1 rings (SSSR count). The third kappa shape index (κ3) is 4.17. The van der Waals surface area contributed by atoms with E-state index in [0.29, 0.717) is 12.1 Å². The van der Waals surface area contributed by atoms with Crippen LogP contribution in [0.1, 0.15) is 23.7 Å². The van der Waals surface area contributed by atoms with Crippen LogP contribution in [0, 0.1) is 5.82 Å². The summed E-state index contributed by atoms with van der Waals surface area (Å²) in [5.41, 5.74) is 5.82. The molecule has 0 aliphatic heterocycles. The number of halogens is 1. The quantitative estimate of drug-likeness (QED) is 0.812. The van der Waals surface area contributed by atoms with Crippen molar-refractivity contribution in [2.24, 2.45) is 5.73 Å². The highest BCUT2D eigenvalue weighted by molar-refractivity contribution is 7.80. The van der Waals surface area contributed by atoms with Crippen LogP contribution in [-0.4, -0.2) is 36.0 Å². The van der Waals surface area contributed by atoms with Gasteiger partial charge in [0, 0.05) is 12.1 Å². The number of amides is 1. The molecule has 0 saturated heterocycles. The van der Waals surface area contributed by atoms with E-state index in [2.05, 4.69) is 0 Å². The predicted octanol–water partition coefficient (Wildman–Crippen LogP) is 1.97. The van der Waals surface area contributed by atoms with E-state index in [0.717, 1.165) is 6.42 Å². The van der Waals surface area contributed by atoms with Crippen molar-refractivity contribution >= 4 is 23.1 Å². The number of carbonyl (C=O) groups excluding carboxylic acids is 1. The van der Waals surface area contributed by atoms with E-state index in [-0.39, 0.29) is 23.2 Å². The molecule has 6 heteroatoms. The molecular weight excluding hydrogens is 267 g/mol. The third-order valence-electron chi connectivity index (χ3n) is 2.53. The van der Waals surface area contributed by atoms with Gasteiger partial charge in [0.2, 0.25) is 0 Å². The summed E-state index contributed by atoms with van der Waals surface area (Å²) >= 11 is 4.82. The maximum absolute atomic E-state index is 13.3. The van der Waals surface area contributed by atoms with Gasteiger partial charge in [-0.25, -0.2) is 4.39 Å². The van der Waals surface area contributed by atoms with E-state index in [1.54, 1.807) is 0 Å². The number of thiocarbonyl (C=S) groups is 1. The molecule has 0 aliphatic rings. The lowest BCUT2D eigenvalue weighted by atomic mass is 10.1. The van der Waals surface area contributed by atoms with Gasteiger partial charge in [-0.2, -0.15) is 0 Å². The highest BCUT2D eigenvalue weighted by Gasteiger charge is 2.17. The number of carbonyl (C=O) groups is 1. The van der Waals surface area contributed by atoms with Gasteiger partial charge < -0.3 is 15.4 Å². The van der Waals surface area contributed by atoms with Crippen LogP contribution in [0.2, 0.25) is 0 Å². The summed E-state index contributed by atoms with van der Waals surface area (Å²) in [6, 6.07) is 4.00. The number of rotatable bonds is 6. The first-order valence-corrected chi connectivity index (χ1v) is 6.31. The van der Waals surface area contributed by atoms with Crippen LogP contribution in [-0.2, 0) is 0 Å². The minimum absolute atomic E-state index is 0.0395. The largest absolute Gasteiger partial charge is 0.494 e. The molecular formula is C13H17FN2O2S. The van der Waals surface area contributed by atoms with Crippen molar-refractivity contribution in [2.75, 3.05) is 20.2 Å². The van der Waals surface area contributed by atoms with Crippen LogP contribution in [0.3, 0.4) is 0 Å². The van der Waals surface area contributed by atoms with Gasteiger partial charge in [-0.05, 0) is 24.6 Å². The van der Waals surface area contributed by atoms with Crippen molar-refractivity contribution in [3.05, 3.63) is 29.6 Å². The Morgan fingerprint density at radius 2 is 2.21 bits per heavy atom. The van der Waals surface area contributed by atoms with Crippen molar-refractivity contribution in [1.82, 2.24) is 4.90 Å². The second kappa shape index (κ2) is 7.04. The number of methoxy groups -OCH3 is 1. The van der Waals surface area contributed by atoms with Gasteiger partial charge in [0.25, 0.3) is 5.91 Å². The topological polar surface area (TPSA) is 55.6 Å². The summed E-state index contributed by atoms with van der Waals surface area (Å²) in [6.07, 6.45) is 0.784. The highest BCUT2D eigenvalue weighted by Crippen LogP contribution is 2.19. The lowest BCUT2D eigenvalue weighted by molar-refractivity contribution is 0.0779. The highest BCUT2D eigenvalue weighted by atomic mass is 32.1. The molecule has 0 bridgehead atoms. The molecule has 1 aromatic carbocycles. The van der Waals surface area contributed by atoms with Crippen LogP contribution in [0.15, 0.2) is 18.2 Å². The number of nitrogens with two attached hydrogens (primary N) is 1. The van der Waals surface area contributed by atoms with Crippen LogP contribution >= 0.6 is 12.2 Å². The molecule has 0 unspecified atom stereocenters. The Kier molecular flexibility index (Phi) is 5.69. The van der Waals surface area contributed by atoms with Gasteiger partial charge in [0.05, 0.1) is 18.6 Å². The molecule has 4 nitrogen and oxygen atoms in total. The number of nitrogens with zero attached hydrogens (tertiary/aromatic N) is 1. The zero-order chi connectivity index (χ0) is 14.4. The van der Waals surface area contributed by atoms with E-state index >= 15 is 0 Å². The Balaban J connectivity index is 2.98. The van der Waals surface area contributed by atoms with Gasteiger partial charge in [-0.1, -0.05) is 19.1 Å². The first-order chi connectivity index (χ1) is 8.99. The fourth-order valence-electron chi connectivity index (χ4n) is 1.69. The van der Waals surface area contributed by atoms with E-state index in [1.165, 1.54) is 30.2 Å². The van der Waals surface area contributed by atoms with E-state index in [4.69, 9.17) is 22.7 Å². The van der Waals surface area contributed by atoms with Gasteiger partial charge in [-0.3, -0.25) is 4.79 Å². The molecule has 0 heterocycles. The zero-order valence-electron chi connectivity index (χ0n) is 11.0. The number of hydrogen-bond donors (Lipinski definition) is 1. The normalized spacial score (nSPS) is 10.1. The molecule has 0 fully saturated rings. The first kappa shape index (κ1) is 15.4. The standard InChI is InChI=1S/C13H17FN2O2S/c1-3-6-16(8-12(15)19)13(17)9-4-5-10(14)11(7-9)18-2/h4-5,7H,3,6,8H2,1-2H3,(H2,15,19). The summed E-state index contributed by atoms with van der Waals surface area (Å²) in [6.45, 7) is 2.70. The number of benzene rings is 1. The summed E-state index contributed by atoms with van der Waals surface area (Å²) in [5, 5.41) is 0. The molecule has 19 heavy (non-hydrogen) atoms. The molecule has 0 aliphatic carbocycles. The van der Waals surface area contributed by atoms with Crippen LogP contribution in [0.5, 0.6) is 5.75 Å².